The number of carbonyl (C=O) groups is 1. The third-order valence-corrected chi connectivity index (χ3v) is 3.96. The number of rotatable bonds is 6. The largest absolute Gasteiger partial charge is 0.496 e. The first-order valence-corrected chi connectivity index (χ1v) is 8.08. The number of benzene rings is 2. The Morgan fingerprint density at radius 1 is 1.16 bits per heavy atom. The number of methoxy groups -OCH3 is 1. The summed E-state index contributed by atoms with van der Waals surface area (Å²) in [7, 11) is 1.60. The molecule has 0 spiro atoms. The molecule has 0 unspecified atom stereocenters. The van der Waals surface area contributed by atoms with Crippen LogP contribution >= 0.6 is 0 Å². The maximum Gasteiger partial charge on any atom is 0.249 e. The Hall–Kier alpha value is -3.15. The molecule has 128 valence electrons. The zero-order chi connectivity index (χ0) is 17.6. The molecule has 1 aromatic heterocycles. The second kappa shape index (κ2) is 7.61. The minimum Gasteiger partial charge on any atom is -0.496 e. The molecule has 6 heteroatoms. The van der Waals surface area contributed by atoms with E-state index in [1.54, 1.807) is 7.11 Å². The van der Waals surface area contributed by atoms with Crippen LogP contribution in [-0.4, -0.2) is 28.2 Å². The van der Waals surface area contributed by atoms with Gasteiger partial charge in [0.25, 0.3) is 0 Å². The predicted octanol–water partition coefficient (Wildman–Crippen LogP) is 3.61. The topological polar surface area (TPSA) is 79.9 Å². The van der Waals surface area contributed by atoms with Gasteiger partial charge in [-0.25, -0.2) is 0 Å². The maximum absolute atomic E-state index is 12.2. The van der Waals surface area contributed by atoms with E-state index in [1.807, 2.05) is 61.5 Å². The summed E-state index contributed by atoms with van der Waals surface area (Å²) in [5.74, 6) is 1.49. The van der Waals surface area contributed by atoms with Crippen molar-refractivity contribution in [3.05, 3.63) is 60.2 Å². The minimum atomic E-state index is -0.123. The van der Waals surface area contributed by atoms with Gasteiger partial charge in [0.05, 0.1) is 12.7 Å². The summed E-state index contributed by atoms with van der Waals surface area (Å²) in [5.41, 5.74) is 1.91. The van der Waals surface area contributed by atoms with E-state index in [0.29, 0.717) is 18.0 Å². The van der Waals surface area contributed by atoms with Crippen LogP contribution in [0.2, 0.25) is 0 Å². The average molecular weight is 336 g/mol. The Balaban J connectivity index is 1.66. The number of aromatic amines is 1. The summed E-state index contributed by atoms with van der Waals surface area (Å²) in [6.45, 7) is 2.02. The highest BCUT2D eigenvalue weighted by atomic mass is 16.5. The third kappa shape index (κ3) is 4.03. The fourth-order valence-corrected chi connectivity index (χ4v) is 2.63. The van der Waals surface area contributed by atoms with Crippen LogP contribution in [-0.2, 0) is 4.79 Å². The van der Waals surface area contributed by atoms with Crippen LogP contribution in [0, 0.1) is 0 Å². The van der Waals surface area contributed by atoms with Crippen LogP contribution in [0.5, 0.6) is 5.75 Å². The van der Waals surface area contributed by atoms with E-state index in [0.717, 1.165) is 11.1 Å². The number of hydrogen-bond acceptors (Lipinski definition) is 4. The lowest BCUT2D eigenvalue weighted by molar-refractivity contribution is -0.116. The molecular formula is C19H20N4O2. The molecule has 0 radical (unpaired) electrons. The first kappa shape index (κ1) is 16.7. The van der Waals surface area contributed by atoms with Gasteiger partial charge in [0, 0.05) is 6.42 Å². The van der Waals surface area contributed by atoms with Crippen molar-refractivity contribution < 1.29 is 9.53 Å². The van der Waals surface area contributed by atoms with Gasteiger partial charge in [-0.1, -0.05) is 49.4 Å². The van der Waals surface area contributed by atoms with Gasteiger partial charge in [-0.2, -0.15) is 4.98 Å². The second-order valence-electron chi connectivity index (χ2n) is 5.77. The Kier molecular flexibility index (Phi) is 5.09. The number of para-hydroxylation sites is 1. The van der Waals surface area contributed by atoms with Crippen molar-refractivity contribution in [1.29, 1.82) is 0 Å². The van der Waals surface area contributed by atoms with Crippen molar-refractivity contribution in [3.8, 4) is 17.1 Å². The fraction of sp³-hybridized carbons (Fsp3) is 0.211. The lowest BCUT2D eigenvalue weighted by Crippen LogP contribution is -2.15. The molecule has 3 rings (SSSR count). The molecule has 1 heterocycles. The molecule has 0 bridgehead atoms. The average Bonchev–Trinajstić information content (AvgIpc) is 3.10. The van der Waals surface area contributed by atoms with Gasteiger partial charge in [-0.15, -0.1) is 5.10 Å². The molecule has 0 saturated carbocycles. The first-order chi connectivity index (χ1) is 12.2. The molecule has 3 aromatic rings. The molecule has 0 fully saturated rings. The normalized spacial score (nSPS) is 11.8. The van der Waals surface area contributed by atoms with Crippen molar-refractivity contribution in [2.45, 2.75) is 19.3 Å². The van der Waals surface area contributed by atoms with Crippen molar-refractivity contribution >= 4 is 11.9 Å². The fourth-order valence-electron chi connectivity index (χ4n) is 2.63. The molecule has 2 N–H and O–H groups in total. The molecule has 1 atom stereocenters. The van der Waals surface area contributed by atoms with Crippen LogP contribution in [0.1, 0.15) is 24.8 Å². The van der Waals surface area contributed by atoms with Crippen molar-refractivity contribution in [2.24, 2.45) is 0 Å². The Labute approximate surface area is 146 Å². The number of carbonyl (C=O) groups excluding carboxylic acids is 1. The van der Waals surface area contributed by atoms with Gasteiger partial charge in [-0.05, 0) is 23.6 Å². The van der Waals surface area contributed by atoms with Gasteiger partial charge in [0.2, 0.25) is 11.9 Å². The monoisotopic (exact) mass is 336 g/mol. The minimum absolute atomic E-state index is 0.119. The van der Waals surface area contributed by atoms with Gasteiger partial charge in [0.1, 0.15) is 5.75 Å². The van der Waals surface area contributed by atoms with E-state index >= 15 is 0 Å². The molecule has 2 aromatic carbocycles. The summed E-state index contributed by atoms with van der Waals surface area (Å²) >= 11 is 0. The highest BCUT2D eigenvalue weighted by Crippen LogP contribution is 2.27. The van der Waals surface area contributed by atoms with E-state index < -0.39 is 0 Å². The van der Waals surface area contributed by atoms with E-state index in [4.69, 9.17) is 4.74 Å². The maximum atomic E-state index is 12.2. The number of anilines is 1. The number of ether oxygens (including phenoxy) is 1. The third-order valence-electron chi connectivity index (χ3n) is 3.96. The lowest BCUT2D eigenvalue weighted by atomic mass is 9.98. The van der Waals surface area contributed by atoms with Crippen LogP contribution in [0.3, 0.4) is 0 Å². The van der Waals surface area contributed by atoms with Crippen LogP contribution in [0.4, 0.5) is 5.95 Å². The van der Waals surface area contributed by atoms with Crippen LogP contribution < -0.4 is 10.1 Å². The molecule has 6 nitrogen and oxygen atoms in total. The van der Waals surface area contributed by atoms with Crippen molar-refractivity contribution in [3.63, 3.8) is 0 Å². The zero-order valence-corrected chi connectivity index (χ0v) is 14.2. The highest BCUT2D eigenvalue weighted by molar-refractivity contribution is 5.89. The Bertz CT molecular complexity index is 845. The van der Waals surface area contributed by atoms with Crippen molar-refractivity contribution in [2.75, 3.05) is 12.4 Å². The predicted molar refractivity (Wildman–Crippen MR) is 96.5 cm³/mol. The summed E-state index contributed by atoms with van der Waals surface area (Å²) in [6, 6.07) is 17.4. The van der Waals surface area contributed by atoms with E-state index in [1.165, 1.54) is 0 Å². The first-order valence-electron chi connectivity index (χ1n) is 8.08. The quantitative estimate of drug-likeness (QED) is 0.720. The van der Waals surface area contributed by atoms with Crippen LogP contribution in [0.15, 0.2) is 54.6 Å². The molecule has 0 aliphatic carbocycles. The SMILES string of the molecule is COc1ccccc1-c1nc(NC(=O)C[C@H](C)c2ccccc2)n[nH]1. The number of H-pyrrole nitrogens is 1. The Morgan fingerprint density at radius 2 is 1.88 bits per heavy atom. The molecule has 1 amide bonds. The molecule has 25 heavy (non-hydrogen) atoms. The number of nitrogens with one attached hydrogen (secondary N) is 2. The van der Waals surface area contributed by atoms with E-state index in [2.05, 4.69) is 20.5 Å². The number of nitrogens with zero attached hydrogens (tertiary/aromatic N) is 2. The smallest absolute Gasteiger partial charge is 0.249 e. The summed E-state index contributed by atoms with van der Waals surface area (Å²) in [6.07, 6.45) is 0.364. The molecule has 0 aliphatic rings. The molecular weight excluding hydrogens is 316 g/mol. The summed E-state index contributed by atoms with van der Waals surface area (Å²) in [5, 5.41) is 9.63. The van der Waals surface area contributed by atoms with E-state index in [-0.39, 0.29) is 17.8 Å². The lowest BCUT2D eigenvalue weighted by Gasteiger charge is -2.10. The summed E-state index contributed by atoms with van der Waals surface area (Å²) < 4.78 is 5.32. The number of amides is 1. The summed E-state index contributed by atoms with van der Waals surface area (Å²) in [4.78, 5) is 16.6. The standard InChI is InChI=1S/C19H20N4O2/c1-13(14-8-4-3-5-9-14)12-17(24)20-19-21-18(22-23-19)15-10-6-7-11-16(15)25-2/h3-11,13H,12H2,1-2H3,(H2,20,21,22,23,24)/t13-/m0/s1. The zero-order valence-electron chi connectivity index (χ0n) is 14.2. The number of hydrogen-bond donors (Lipinski definition) is 2. The van der Waals surface area contributed by atoms with E-state index in [9.17, 15) is 4.79 Å². The molecule has 0 saturated heterocycles. The van der Waals surface area contributed by atoms with Gasteiger partial charge in [-0.3, -0.25) is 15.2 Å². The van der Waals surface area contributed by atoms with Crippen LogP contribution in [0.25, 0.3) is 11.4 Å². The van der Waals surface area contributed by atoms with Gasteiger partial charge < -0.3 is 4.74 Å². The number of aromatic nitrogens is 3. The molecule has 0 aliphatic heterocycles. The highest BCUT2D eigenvalue weighted by Gasteiger charge is 2.15. The Morgan fingerprint density at radius 3 is 2.64 bits per heavy atom. The van der Waals surface area contributed by atoms with Crippen molar-refractivity contribution in [1.82, 2.24) is 15.2 Å². The van der Waals surface area contributed by atoms with Gasteiger partial charge in [0.15, 0.2) is 5.82 Å². The second-order valence-corrected chi connectivity index (χ2v) is 5.77. The van der Waals surface area contributed by atoms with Gasteiger partial charge >= 0.3 is 0 Å².